The van der Waals surface area contributed by atoms with Gasteiger partial charge in [-0.15, -0.1) is 0 Å². The highest BCUT2D eigenvalue weighted by Gasteiger charge is 2.80. The number of imide groups is 1. The van der Waals surface area contributed by atoms with Crippen LogP contribution in [0.5, 0.6) is 0 Å². The third-order valence-corrected chi connectivity index (χ3v) is 16.3. The number of hydrogen-bond acceptors (Lipinski definition) is 14. The fourth-order valence-corrected chi connectivity index (χ4v) is 12.4. The van der Waals surface area contributed by atoms with Crippen LogP contribution in [0, 0.1) is 28.6 Å². The molecule has 1 aromatic rings. The van der Waals surface area contributed by atoms with Gasteiger partial charge in [-0.2, -0.15) is 0 Å². The molecule has 22 heteroatoms. The number of carbonyl (C=O) groups is 9. The van der Waals surface area contributed by atoms with Crippen LogP contribution < -0.4 is 27.0 Å². The molecule has 7 N–H and O–H groups in total. The second-order valence-electron chi connectivity index (χ2n) is 21.5. The van der Waals surface area contributed by atoms with Gasteiger partial charge in [0, 0.05) is 54.1 Å². The molecule has 7 amide bonds. The van der Waals surface area contributed by atoms with Crippen molar-refractivity contribution in [3.05, 3.63) is 65.8 Å². The zero-order chi connectivity index (χ0) is 55.3. The van der Waals surface area contributed by atoms with Crippen LogP contribution in [-0.4, -0.2) is 131 Å². The molecule has 2 unspecified atom stereocenters. The van der Waals surface area contributed by atoms with Gasteiger partial charge in [-0.05, 0) is 106 Å². The van der Waals surface area contributed by atoms with Crippen molar-refractivity contribution in [2.75, 3.05) is 25.0 Å². The van der Waals surface area contributed by atoms with Crippen molar-refractivity contribution in [1.29, 1.82) is 0 Å². The summed E-state index contributed by atoms with van der Waals surface area (Å²) in [6, 6.07) is 3.27. The number of anilines is 1. The molecule has 4 fully saturated rings. The summed E-state index contributed by atoms with van der Waals surface area (Å²) in [7, 11) is 0. The first-order chi connectivity index (χ1) is 36.0. The summed E-state index contributed by atoms with van der Waals surface area (Å²) in [5.41, 5.74) is -1.17. The second kappa shape index (κ2) is 23.5. The summed E-state index contributed by atoms with van der Waals surface area (Å²) >= 11 is 0. The zero-order valence-corrected chi connectivity index (χ0v) is 43.5. The van der Waals surface area contributed by atoms with E-state index in [2.05, 4.69) is 21.3 Å². The van der Waals surface area contributed by atoms with E-state index in [1.807, 2.05) is 6.92 Å². The molecule has 0 spiro atoms. The maximum Gasteiger partial charge on any atom is 0.509 e. The number of urea groups is 1. The van der Waals surface area contributed by atoms with Crippen molar-refractivity contribution in [3.63, 3.8) is 0 Å². The molecular weight excluding hydrogens is 995 g/mol. The van der Waals surface area contributed by atoms with E-state index >= 15 is 8.78 Å². The van der Waals surface area contributed by atoms with Gasteiger partial charge in [0.2, 0.25) is 23.5 Å². The number of Topliss-reactive ketones (excluding diaryl/α,β-unsaturated/α-hetero) is 1. The van der Waals surface area contributed by atoms with Gasteiger partial charge < -0.3 is 51.1 Å². The topological polar surface area (TPSA) is 288 Å². The Balaban J connectivity index is 0.931. The fraction of sp³-hybridized carbons (Fsp3) is 0.611. The van der Waals surface area contributed by atoms with Gasteiger partial charge in [0.1, 0.15) is 24.9 Å². The van der Waals surface area contributed by atoms with Gasteiger partial charge in [-0.3, -0.25) is 38.5 Å². The first-order valence-electron chi connectivity index (χ1n) is 26.2. The summed E-state index contributed by atoms with van der Waals surface area (Å²) in [6.45, 7) is 7.79. The lowest BCUT2D eigenvalue weighted by Crippen LogP contribution is -2.71. The maximum absolute atomic E-state index is 17.9. The molecule has 12 atom stereocenters. The molecule has 0 bridgehead atoms. The van der Waals surface area contributed by atoms with Crippen molar-refractivity contribution in [2.45, 2.75) is 160 Å². The van der Waals surface area contributed by atoms with E-state index in [1.54, 1.807) is 32.9 Å². The van der Waals surface area contributed by atoms with Gasteiger partial charge in [0.05, 0.1) is 12.2 Å². The van der Waals surface area contributed by atoms with Crippen LogP contribution in [0.4, 0.5) is 24.1 Å². The van der Waals surface area contributed by atoms with Gasteiger partial charge >= 0.3 is 12.2 Å². The van der Waals surface area contributed by atoms with Gasteiger partial charge in [0.15, 0.2) is 29.9 Å². The Hall–Kier alpha value is -6.39. The maximum atomic E-state index is 17.9. The molecule has 2 aliphatic heterocycles. The van der Waals surface area contributed by atoms with Crippen LogP contribution in [0.3, 0.4) is 0 Å². The number of unbranched alkanes of at least 4 members (excludes halogenated alkanes) is 2. The average molecular weight is 1070 g/mol. The summed E-state index contributed by atoms with van der Waals surface area (Å²) in [5, 5.41) is 22.5. The molecule has 6 aliphatic rings. The van der Waals surface area contributed by atoms with Crippen LogP contribution in [0.15, 0.2) is 60.2 Å². The number of nitrogens with two attached hydrogens (primary N) is 1. The van der Waals surface area contributed by atoms with Crippen LogP contribution in [0.1, 0.15) is 111 Å². The number of nitrogens with zero attached hydrogens (tertiary/aromatic N) is 1. The van der Waals surface area contributed by atoms with Crippen molar-refractivity contribution in [1.82, 2.24) is 20.9 Å². The first kappa shape index (κ1) is 57.3. The Labute approximate surface area is 439 Å². The highest BCUT2D eigenvalue weighted by Crippen LogP contribution is 2.72. The number of fused-ring (bicyclic) bond motifs is 7. The molecule has 76 heavy (non-hydrogen) atoms. The summed E-state index contributed by atoms with van der Waals surface area (Å²) in [5.74, 6) is -5.71. The van der Waals surface area contributed by atoms with Crippen LogP contribution >= 0.6 is 0 Å². The Morgan fingerprint density at radius 2 is 1.63 bits per heavy atom. The van der Waals surface area contributed by atoms with Crippen molar-refractivity contribution >= 4 is 59.0 Å². The van der Waals surface area contributed by atoms with Gasteiger partial charge in [0.25, 0.3) is 11.8 Å². The number of aliphatic hydroxyl groups is 1. The number of alkyl halides is 2. The van der Waals surface area contributed by atoms with Gasteiger partial charge in [-0.25, -0.2) is 18.4 Å². The largest absolute Gasteiger partial charge is 0.509 e. The lowest BCUT2D eigenvalue weighted by molar-refractivity contribution is -0.234. The Bertz CT molecular complexity index is 2520. The van der Waals surface area contributed by atoms with E-state index in [1.165, 1.54) is 43.4 Å². The monoisotopic (exact) mass is 1060 g/mol. The number of halogens is 2. The number of nitrogens with one attached hydrogen (secondary N) is 4. The molecule has 7 rings (SSSR count). The Morgan fingerprint density at radius 3 is 2.30 bits per heavy atom. The van der Waals surface area contributed by atoms with Crippen molar-refractivity contribution in [3.8, 4) is 0 Å². The number of carbonyl (C=O) groups excluding carboxylic acids is 9. The molecule has 0 aromatic heterocycles. The Morgan fingerprint density at radius 1 is 0.921 bits per heavy atom. The Kier molecular flexibility index (Phi) is 17.7. The van der Waals surface area contributed by atoms with E-state index < -0.39 is 119 Å². The molecular formula is C54H70F2N6O14. The van der Waals surface area contributed by atoms with Crippen LogP contribution in [0.2, 0.25) is 0 Å². The number of allylic oxidation sites excluding steroid dienone is 4. The first-order valence-corrected chi connectivity index (χ1v) is 26.2. The lowest BCUT2D eigenvalue weighted by atomic mass is 9.44. The van der Waals surface area contributed by atoms with Crippen molar-refractivity contribution < 1.29 is 76.0 Å². The second-order valence-corrected chi connectivity index (χ2v) is 21.5. The molecule has 1 aromatic carbocycles. The van der Waals surface area contributed by atoms with E-state index in [0.717, 1.165) is 11.0 Å². The minimum atomic E-state index is -2.39. The third-order valence-electron chi connectivity index (χ3n) is 16.3. The number of aliphatic hydroxyl groups excluding tert-OH is 1. The minimum Gasteiger partial charge on any atom is -0.429 e. The SMILES string of the molecule is CCCC1O[C@@H]2CC3[C@@H]4C[C@H](F)C5=CC(=O)C=C[C@]5(C)[C@@]4(F)[C@@H](O)C[C@]3(C)[C@]2(C(=O)COC(=O)OCc2ccc(NC(=O)[C@H](CCCNC(N)=O)NC(=O)[C@@H](NC(=O)CCCCCN3C(=O)C=CC3=O)C(C)C)cc2)O1. The quantitative estimate of drug-likeness (QED) is 0.0496. The zero-order valence-electron chi connectivity index (χ0n) is 43.5. The molecule has 2 heterocycles. The number of ether oxygens (including phenoxy) is 4. The van der Waals surface area contributed by atoms with E-state index in [-0.39, 0.29) is 81.5 Å². The lowest BCUT2D eigenvalue weighted by Gasteiger charge is -2.63. The minimum absolute atomic E-state index is 0.0257. The van der Waals surface area contributed by atoms with E-state index in [9.17, 15) is 48.3 Å². The molecule has 4 aliphatic carbocycles. The predicted octanol–water partition coefficient (Wildman–Crippen LogP) is 4.62. The molecule has 20 nitrogen and oxygen atoms in total. The summed E-state index contributed by atoms with van der Waals surface area (Å²) < 4.78 is 57.5. The highest BCUT2D eigenvalue weighted by molar-refractivity contribution is 6.12. The summed E-state index contributed by atoms with van der Waals surface area (Å²) in [6.07, 6.45) is 2.18. The normalized spacial score (nSPS) is 30.8. The fourth-order valence-electron chi connectivity index (χ4n) is 12.4. The number of primary amides is 1. The van der Waals surface area contributed by atoms with Crippen LogP contribution in [-0.2, 0) is 59.1 Å². The van der Waals surface area contributed by atoms with Crippen molar-refractivity contribution in [2.24, 2.45) is 34.3 Å². The molecule has 1 saturated heterocycles. The number of ketones is 2. The summed E-state index contributed by atoms with van der Waals surface area (Å²) in [4.78, 5) is 116. The van der Waals surface area contributed by atoms with E-state index in [4.69, 9.17) is 24.7 Å². The third kappa shape index (κ3) is 11.3. The number of rotatable bonds is 23. The molecule has 414 valence electrons. The van der Waals surface area contributed by atoms with Gasteiger partial charge in [-0.1, -0.05) is 58.7 Å². The highest BCUT2D eigenvalue weighted by atomic mass is 19.1. The smallest absolute Gasteiger partial charge is 0.429 e. The number of hydrogen-bond donors (Lipinski definition) is 6. The standard InChI is InChI=1S/C54H70F2N6O14/c1-6-11-45-75-41-26-34-35-25-37(55)36-24-33(63)20-21-51(36,4)53(35,56)39(64)27-52(34,5)54(41,76-45)40(65)29-74-50(72)73-28-31-14-16-32(17-15-31)59-47(69)38(12-10-22-58-49(57)71)60-48(70)46(30(2)3)61-42(66)13-8-7-9-23-62-43(67)18-19-44(62)68/h14-21,24,30,34-35,37-39,41,45-46,64H,6-13,22-23,25-29H2,1-5H3,(H,59,69)(H,60,70)(H,61,66)(H3,57,58,71)/t34?,35-,37-,38-,39-,41+,45?,46-,51-,52-,53-,54+/m0/s1. The average Bonchev–Trinajstić information content (AvgIpc) is 4.19. The predicted molar refractivity (Wildman–Crippen MR) is 267 cm³/mol. The van der Waals surface area contributed by atoms with Crippen LogP contribution in [0.25, 0.3) is 0 Å². The number of benzene rings is 1. The molecule has 3 saturated carbocycles. The molecule has 0 radical (unpaired) electrons. The van der Waals surface area contributed by atoms with E-state index in [0.29, 0.717) is 43.4 Å². The number of amides is 7.